The van der Waals surface area contributed by atoms with Crippen molar-refractivity contribution in [3.63, 3.8) is 0 Å². The molecule has 0 unspecified atom stereocenters. The van der Waals surface area contributed by atoms with E-state index in [2.05, 4.69) is 10.2 Å². The first kappa shape index (κ1) is 25.2. The van der Waals surface area contributed by atoms with E-state index in [-0.39, 0.29) is 30.3 Å². The molecule has 0 spiro atoms. The summed E-state index contributed by atoms with van der Waals surface area (Å²) < 4.78 is 43.0. The van der Waals surface area contributed by atoms with Gasteiger partial charge in [-0.1, -0.05) is 44.2 Å². The lowest BCUT2D eigenvalue weighted by molar-refractivity contribution is -0.157. The Morgan fingerprint density at radius 2 is 1.56 bits per heavy atom. The number of rotatable bonds is 5. The van der Waals surface area contributed by atoms with Gasteiger partial charge >= 0.3 is 18.1 Å². The monoisotopic (exact) mass is 501 g/mol. The molecule has 1 saturated heterocycles. The van der Waals surface area contributed by atoms with Crippen LogP contribution >= 0.6 is 0 Å². The average molecular weight is 502 g/mol. The van der Waals surface area contributed by atoms with Crippen molar-refractivity contribution in [1.82, 2.24) is 20.0 Å². The minimum atomic E-state index is -4.71. The number of halogens is 3. The Hall–Kier alpha value is -3.89. The molecule has 11 heteroatoms. The number of nitrogens with zero attached hydrogens (tertiary/aromatic N) is 5. The number of hydrogen-bond donors (Lipinski definition) is 0. The molecule has 0 radical (unpaired) electrons. The molecular weight excluding hydrogens is 475 g/mol. The van der Waals surface area contributed by atoms with Gasteiger partial charge in [0.05, 0.1) is 6.54 Å². The van der Waals surface area contributed by atoms with Gasteiger partial charge in [-0.25, -0.2) is 4.79 Å². The second-order valence-corrected chi connectivity index (χ2v) is 8.78. The summed E-state index contributed by atoms with van der Waals surface area (Å²) in [7, 11) is 0. The number of urea groups is 1. The maximum absolute atomic E-state index is 13.5. The number of piperazine rings is 1. The van der Waals surface area contributed by atoms with Gasteiger partial charge in [-0.05, 0) is 29.8 Å². The molecule has 0 aliphatic carbocycles. The Morgan fingerprint density at radius 3 is 2.11 bits per heavy atom. The molecule has 0 bridgehead atoms. The van der Waals surface area contributed by atoms with Crippen molar-refractivity contribution in [3.05, 3.63) is 66.1 Å². The predicted molar refractivity (Wildman–Crippen MR) is 126 cm³/mol. The molecular formula is C25H26F3N5O3. The van der Waals surface area contributed by atoms with Crippen LogP contribution in [0, 0.1) is 5.92 Å². The van der Waals surface area contributed by atoms with Crippen molar-refractivity contribution in [1.29, 1.82) is 0 Å². The van der Waals surface area contributed by atoms with E-state index < -0.39 is 12.1 Å². The first-order valence-electron chi connectivity index (χ1n) is 11.5. The summed E-state index contributed by atoms with van der Waals surface area (Å²) in [5.74, 6) is -1.66. The second kappa shape index (κ2) is 10.4. The van der Waals surface area contributed by atoms with Crippen molar-refractivity contribution < 1.29 is 27.2 Å². The van der Waals surface area contributed by atoms with E-state index in [0.717, 1.165) is 5.56 Å². The third-order valence-electron chi connectivity index (χ3n) is 5.86. The predicted octanol–water partition coefficient (Wildman–Crippen LogP) is 4.68. The fourth-order valence-corrected chi connectivity index (χ4v) is 3.92. The van der Waals surface area contributed by atoms with Crippen molar-refractivity contribution in [3.8, 4) is 11.5 Å². The van der Waals surface area contributed by atoms with Crippen LogP contribution in [0.3, 0.4) is 0 Å². The second-order valence-electron chi connectivity index (χ2n) is 8.78. The lowest BCUT2D eigenvalue weighted by Crippen LogP contribution is -2.54. The van der Waals surface area contributed by atoms with Crippen LogP contribution in [0.4, 0.5) is 23.7 Å². The van der Waals surface area contributed by atoms with Gasteiger partial charge in [-0.15, -0.1) is 10.2 Å². The number of para-hydroxylation sites is 1. The summed E-state index contributed by atoms with van der Waals surface area (Å²) in [5.41, 5.74) is 1.81. The number of amides is 3. The lowest BCUT2D eigenvalue weighted by atomic mass is 10.1. The third-order valence-corrected chi connectivity index (χ3v) is 5.86. The maximum Gasteiger partial charge on any atom is 0.470 e. The molecule has 2 aromatic carbocycles. The lowest BCUT2D eigenvalue weighted by Gasteiger charge is -2.38. The van der Waals surface area contributed by atoms with Crippen LogP contribution in [0.1, 0.15) is 25.3 Å². The molecule has 36 heavy (non-hydrogen) atoms. The van der Waals surface area contributed by atoms with Gasteiger partial charge in [-0.2, -0.15) is 13.2 Å². The first-order valence-corrected chi connectivity index (χ1v) is 11.5. The first-order chi connectivity index (χ1) is 17.1. The highest BCUT2D eigenvalue weighted by molar-refractivity contribution is 5.92. The van der Waals surface area contributed by atoms with Crippen molar-refractivity contribution in [2.45, 2.75) is 26.6 Å². The summed E-state index contributed by atoms with van der Waals surface area (Å²) in [5, 5.41) is 6.52. The van der Waals surface area contributed by atoms with E-state index >= 15 is 0 Å². The van der Waals surface area contributed by atoms with E-state index in [0.29, 0.717) is 37.4 Å². The highest BCUT2D eigenvalue weighted by Gasteiger charge is 2.38. The van der Waals surface area contributed by atoms with E-state index in [1.165, 1.54) is 0 Å². The average Bonchev–Trinajstić information content (AvgIpc) is 3.39. The summed E-state index contributed by atoms with van der Waals surface area (Å²) in [6, 6.07) is 15.6. The Morgan fingerprint density at radius 1 is 0.944 bits per heavy atom. The Balaban J connectivity index is 1.49. The maximum atomic E-state index is 13.5. The topological polar surface area (TPSA) is 82.8 Å². The van der Waals surface area contributed by atoms with Crippen molar-refractivity contribution in [2.75, 3.05) is 31.1 Å². The van der Waals surface area contributed by atoms with Gasteiger partial charge < -0.3 is 14.2 Å². The van der Waals surface area contributed by atoms with Crippen LogP contribution < -0.4 is 4.90 Å². The molecule has 1 aromatic heterocycles. The molecule has 2 heterocycles. The van der Waals surface area contributed by atoms with Gasteiger partial charge in [0.25, 0.3) is 0 Å². The summed E-state index contributed by atoms with van der Waals surface area (Å²) in [4.78, 5) is 30.9. The largest absolute Gasteiger partial charge is 0.470 e. The molecule has 1 aliphatic rings. The Labute approximate surface area is 206 Å². The normalized spacial score (nSPS) is 14.3. The molecule has 0 atom stereocenters. The number of aromatic nitrogens is 2. The van der Waals surface area contributed by atoms with E-state index in [9.17, 15) is 22.8 Å². The van der Waals surface area contributed by atoms with Gasteiger partial charge in [-0.3, -0.25) is 9.69 Å². The number of carbonyl (C=O) groups excluding carboxylic acids is 2. The van der Waals surface area contributed by atoms with Crippen molar-refractivity contribution >= 4 is 17.6 Å². The van der Waals surface area contributed by atoms with Gasteiger partial charge in [0.2, 0.25) is 11.8 Å². The molecule has 3 aromatic rings. The van der Waals surface area contributed by atoms with Gasteiger partial charge in [0, 0.05) is 43.3 Å². The summed E-state index contributed by atoms with van der Waals surface area (Å²) in [6.07, 6.45) is -4.71. The number of hydrogen-bond acceptors (Lipinski definition) is 5. The zero-order chi connectivity index (χ0) is 25.9. The fourth-order valence-electron chi connectivity index (χ4n) is 3.92. The van der Waals surface area contributed by atoms with Crippen LogP contribution in [0.25, 0.3) is 11.5 Å². The third kappa shape index (κ3) is 5.67. The standard InChI is InChI=1S/C25H26F3N5O3/c1-17(2)22(34)31-12-14-32(15-13-31)24(35)33(20-6-4-3-5-7-20)16-18-8-10-19(11-9-18)21-29-30-23(36-21)25(26,27)28/h3-11,17H,12-16H2,1-2H3. The molecule has 1 aliphatic heterocycles. The van der Waals surface area contributed by atoms with Crippen LogP contribution in [-0.2, 0) is 17.5 Å². The Bertz CT molecular complexity index is 1190. The molecule has 4 rings (SSSR count). The van der Waals surface area contributed by atoms with Gasteiger partial charge in [0.1, 0.15) is 0 Å². The number of anilines is 1. The number of carbonyl (C=O) groups is 2. The van der Waals surface area contributed by atoms with Crippen LogP contribution in [0.15, 0.2) is 59.0 Å². The van der Waals surface area contributed by atoms with Crippen LogP contribution in [0.5, 0.6) is 0 Å². The van der Waals surface area contributed by atoms with E-state index in [1.807, 2.05) is 44.2 Å². The number of alkyl halides is 3. The molecule has 1 fully saturated rings. The van der Waals surface area contributed by atoms with E-state index in [4.69, 9.17) is 4.42 Å². The highest BCUT2D eigenvalue weighted by atomic mass is 19.4. The SMILES string of the molecule is CC(C)C(=O)N1CCN(C(=O)N(Cc2ccc(-c3nnc(C(F)(F)F)o3)cc2)c2ccccc2)CC1. The molecule has 190 valence electrons. The quantitative estimate of drug-likeness (QED) is 0.507. The zero-order valence-corrected chi connectivity index (χ0v) is 19.9. The summed E-state index contributed by atoms with van der Waals surface area (Å²) >= 11 is 0. The minimum absolute atomic E-state index is 0.0747. The molecule has 0 saturated carbocycles. The van der Waals surface area contributed by atoms with Crippen LogP contribution in [-0.4, -0.2) is 58.1 Å². The smallest absolute Gasteiger partial charge is 0.413 e. The van der Waals surface area contributed by atoms with Crippen LogP contribution in [0.2, 0.25) is 0 Å². The molecule has 3 amide bonds. The Kier molecular flexibility index (Phi) is 7.27. The number of benzene rings is 2. The summed E-state index contributed by atoms with van der Waals surface area (Å²) in [6.45, 7) is 5.77. The fraction of sp³-hybridized carbons (Fsp3) is 0.360. The van der Waals surface area contributed by atoms with Gasteiger partial charge in [0.15, 0.2) is 0 Å². The highest BCUT2D eigenvalue weighted by Crippen LogP contribution is 2.30. The minimum Gasteiger partial charge on any atom is -0.413 e. The van der Waals surface area contributed by atoms with Crippen molar-refractivity contribution in [2.24, 2.45) is 5.92 Å². The molecule has 8 nitrogen and oxygen atoms in total. The zero-order valence-electron chi connectivity index (χ0n) is 19.9. The molecule has 0 N–H and O–H groups in total. The van der Waals surface area contributed by atoms with E-state index in [1.54, 1.807) is 39.0 Å².